The number of nitriles is 1. The van der Waals surface area contributed by atoms with Gasteiger partial charge in [-0.1, -0.05) is 23.8 Å². The van der Waals surface area contributed by atoms with E-state index in [1.54, 1.807) is 18.2 Å². The maximum absolute atomic E-state index is 13.0. The Bertz CT molecular complexity index is 407. The van der Waals surface area contributed by atoms with Gasteiger partial charge in [0.25, 0.3) is 0 Å². The van der Waals surface area contributed by atoms with Crippen molar-refractivity contribution in [1.29, 1.82) is 5.26 Å². The van der Waals surface area contributed by atoms with Crippen molar-refractivity contribution in [2.45, 2.75) is 6.42 Å². The molecule has 0 saturated heterocycles. The highest BCUT2D eigenvalue weighted by molar-refractivity contribution is 6.30. The Labute approximate surface area is 86.4 Å². The number of halogens is 2. The SMILES string of the molecule is N#CCC=Cc1cc(Cl)cc(F)c1N. The van der Waals surface area contributed by atoms with Crippen LogP contribution in [0, 0.1) is 17.1 Å². The highest BCUT2D eigenvalue weighted by Gasteiger charge is 2.03. The van der Waals surface area contributed by atoms with E-state index >= 15 is 0 Å². The third kappa shape index (κ3) is 2.48. The molecular weight excluding hydrogens is 203 g/mol. The summed E-state index contributed by atoms with van der Waals surface area (Å²) in [5, 5.41) is 8.58. The molecule has 0 radical (unpaired) electrons. The van der Waals surface area contributed by atoms with E-state index in [9.17, 15) is 4.39 Å². The molecule has 0 aliphatic heterocycles. The number of nitrogens with two attached hydrogens (primary N) is 1. The molecule has 1 aromatic carbocycles. The van der Waals surface area contributed by atoms with Crippen molar-refractivity contribution in [2.24, 2.45) is 0 Å². The summed E-state index contributed by atoms with van der Waals surface area (Å²) in [5.74, 6) is -0.547. The van der Waals surface area contributed by atoms with Gasteiger partial charge in [-0.25, -0.2) is 4.39 Å². The van der Waals surface area contributed by atoms with Crippen molar-refractivity contribution in [2.75, 3.05) is 5.73 Å². The molecule has 0 saturated carbocycles. The van der Waals surface area contributed by atoms with E-state index < -0.39 is 5.82 Å². The van der Waals surface area contributed by atoms with Crippen LogP contribution in [0.5, 0.6) is 0 Å². The second-order valence-corrected chi connectivity index (χ2v) is 3.09. The van der Waals surface area contributed by atoms with Crippen LogP contribution in [-0.4, -0.2) is 0 Å². The van der Waals surface area contributed by atoms with E-state index in [0.717, 1.165) is 6.07 Å². The maximum atomic E-state index is 13.0. The Hall–Kier alpha value is -1.53. The highest BCUT2D eigenvalue weighted by atomic mass is 35.5. The van der Waals surface area contributed by atoms with Crippen LogP contribution in [0.15, 0.2) is 18.2 Å². The smallest absolute Gasteiger partial charge is 0.148 e. The lowest BCUT2D eigenvalue weighted by atomic mass is 10.1. The molecule has 72 valence electrons. The lowest BCUT2D eigenvalue weighted by molar-refractivity contribution is 0.632. The number of benzene rings is 1. The van der Waals surface area contributed by atoms with Crippen molar-refractivity contribution in [1.82, 2.24) is 0 Å². The average Bonchev–Trinajstić information content (AvgIpc) is 2.13. The monoisotopic (exact) mass is 210 g/mol. The molecule has 4 heteroatoms. The van der Waals surface area contributed by atoms with Crippen LogP contribution < -0.4 is 5.73 Å². The number of rotatable bonds is 2. The Kier molecular flexibility index (Phi) is 3.49. The minimum Gasteiger partial charge on any atom is -0.396 e. The predicted molar refractivity (Wildman–Crippen MR) is 55.1 cm³/mol. The summed E-state index contributed by atoms with van der Waals surface area (Å²) < 4.78 is 13.0. The van der Waals surface area contributed by atoms with Crippen molar-refractivity contribution in [3.05, 3.63) is 34.6 Å². The van der Waals surface area contributed by atoms with E-state index in [2.05, 4.69) is 0 Å². The summed E-state index contributed by atoms with van der Waals surface area (Å²) in [6.07, 6.45) is 3.43. The van der Waals surface area contributed by atoms with Gasteiger partial charge in [-0.3, -0.25) is 0 Å². The quantitative estimate of drug-likeness (QED) is 0.763. The normalized spacial score (nSPS) is 10.4. The molecule has 1 aromatic rings. The Morgan fingerprint density at radius 2 is 2.29 bits per heavy atom. The van der Waals surface area contributed by atoms with E-state index in [4.69, 9.17) is 22.6 Å². The molecule has 0 aliphatic carbocycles. The van der Waals surface area contributed by atoms with E-state index in [1.807, 2.05) is 6.07 Å². The molecule has 1 rings (SSSR count). The van der Waals surface area contributed by atoms with Crippen LogP contribution in [0.2, 0.25) is 5.02 Å². The molecule has 2 N–H and O–H groups in total. The number of hydrogen-bond acceptors (Lipinski definition) is 2. The van der Waals surface area contributed by atoms with Gasteiger partial charge in [-0.15, -0.1) is 0 Å². The van der Waals surface area contributed by atoms with Crippen LogP contribution in [0.3, 0.4) is 0 Å². The van der Waals surface area contributed by atoms with Crippen LogP contribution in [0.4, 0.5) is 10.1 Å². The van der Waals surface area contributed by atoms with Gasteiger partial charge in [-0.2, -0.15) is 5.26 Å². The molecule has 0 spiro atoms. The Morgan fingerprint density at radius 1 is 1.57 bits per heavy atom. The fraction of sp³-hybridized carbons (Fsp3) is 0.100. The zero-order chi connectivity index (χ0) is 10.6. The fourth-order valence-corrected chi connectivity index (χ4v) is 1.19. The lowest BCUT2D eigenvalue weighted by Gasteiger charge is -2.02. The summed E-state index contributed by atoms with van der Waals surface area (Å²) in [7, 11) is 0. The van der Waals surface area contributed by atoms with Crippen molar-refractivity contribution < 1.29 is 4.39 Å². The number of anilines is 1. The third-order valence-corrected chi connectivity index (χ3v) is 1.85. The first-order valence-corrected chi connectivity index (χ1v) is 4.31. The number of nitrogen functional groups attached to an aromatic ring is 1. The summed E-state index contributed by atoms with van der Waals surface area (Å²) in [6.45, 7) is 0. The Balaban J connectivity index is 3.03. The molecule has 0 atom stereocenters. The Morgan fingerprint density at radius 3 is 2.93 bits per heavy atom. The molecule has 2 nitrogen and oxygen atoms in total. The zero-order valence-corrected chi connectivity index (χ0v) is 8.05. The minimum atomic E-state index is -0.547. The molecule has 0 aromatic heterocycles. The van der Waals surface area contributed by atoms with Gasteiger partial charge in [0, 0.05) is 10.6 Å². The van der Waals surface area contributed by atoms with Crippen molar-refractivity contribution >= 4 is 23.4 Å². The topological polar surface area (TPSA) is 49.8 Å². The van der Waals surface area contributed by atoms with Crippen LogP contribution in [-0.2, 0) is 0 Å². The van der Waals surface area contributed by atoms with E-state index in [-0.39, 0.29) is 17.1 Å². The minimum absolute atomic E-state index is 0.0450. The molecule has 0 aliphatic rings. The zero-order valence-electron chi connectivity index (χ0n) is 7.30. The van der Waals surface area contributed by atoms with E-state index in [1.165, 1.54) is 0 Å². The van der Waals surface area contributed by atoms with Gasteiger partial charge in [0.2, 0.25) is 0 Å². The van der Waals surface area contributed by atoms with Crippen molar-refractivity contribution in [3.63, 3.8) is 0 Å². The first-order valence-electron chi connectivity index (χ1n) is 3.93. The number of nitrogens with zero attached hydrogens (tertiary/aromatic N) is 1. The van der Waals surface area contributed by atoms with Gasteiger partial charge in [0.15, 0.2) is 0 Å². The summed E-state index contributed by atoms with van der Waals surface area (Å²) >= 11 is 5.64. The van der Waals surface area contributed by atoms with Gasteiger partial charge >= 0.3 is 0 Å². The van der Waals surface area contributed by atoms with Gasteiger partial charge in [0.05, 0.1) is 18.2 Å². The van der Waals surface area contributed by atoms with E-state index in [0.29, 0.717) is 5.56 Å². The highest BCUT2D eigenvalue weighted by Crippen LogP contribution is 2.23. The fourth-order valence-electron chi connectivity index (χ4n) is 0.981. The molecule has 14 heavy (non-hydrogen) atoms. The van der Waals surface area contributed by atoms with Gasteiger partial charge in [0.1, 0.15) is 5.82 Å². The molecule has 0 amide bonds. The second kappa shape index (κ2) is 4.64. The average molecular weight is 211 g/mol. The van der Waals surface area contributed by atoms with Gasteiger partial charge in [-0.05, 0) is 12.1 Å². The van der Waals surface area contributed by atoms with Gasteiger partial charge < -0.3 is 5.73 Å². The molecule has 0 fully saturated rings. The number of hydrogen-bond donors (Lipinski definition) is 1. The molecular formula is C10H8ClFN2. The van der Waals surface area contributed by atoms with Crippen LogP contribution in [0.25, 0.3) is 6.08 Å². The number of allylic oxidation sites excluding steroid dienone is 1. The maximum Gasteiger partial charge on any atom is 0.148 e. The molecule has 0 bridgehead atoms. The molecule has 0 unspecified atom stereocenters. The largest absolute Gasteiger partial charge is 0.396 e. The van der Waals surface area contributed by atoms with Crippen LogP contribution in [0.1, 0.15) is 12.0 Å². The lowest BCUT2D eigenvalue weighted by Crippen LogP contribution is -1.93. The predicted octanol–water partition coefficient (Wildman–Crippen LogP) is 2.99. The first kappa shape index (κ1) is 10.6. The molecule has 0 heterocycles. The first-order chi connectivity index (χ1) is 6.65. The second-order valence-electron chi connectivity index (χ2n) is 2.66. The summed E-state index contributed by atoms with van der Waals surface area (Å²) in [5.41, 5.74) is 6.00. The van der Waals surface area contributed by atoms with Crippen molar-refractivity contribution in [3.8, 4) is 6.07 Å². The standard InChI is InChI=1S/C10H8ClFN2/c11-8-5-7(3-1-2-4-13)10(14)9(12)6-8/h1,3,5-6H,2,14H2. The summed E-state index contributed by atoms with van der Waals surface area (Å²) in [4.78, 5) is 0. The van der Waals surface area contributed by atoms with Crippen LogP contribution >= 0.6 is 11.6 Å². The third-order valence-electron chi connectivity index (χ3n) is 1.63. The summed E-state index contributed by atoms with van der Waals surface area (Å²) in [6, 6.07) is 4.63.